The number of hydrogen-bond acceptors (Lipinski definition) is 3. The van der Waals surface area contributed by atoms with Gasteiger partial charge in [-0.25, -0.2) is 8.78 Å². The maximum absolute atomic E-state index is 13.5. The van der Waals surface area contributed by atoms with Crippen molar-refractivity contribution in [2.75, 3.05) is 6.61 Å². The lowest BCUT2D eigenvalue weighted by Gasteiger charge is -2.09. The largest absolute Gasteiger partial charge is 0.481 e. The van der Waals surface area contributed by atoms with Gasteiger partial charge in [-0.15, -0.1) is 0 Å². The fraction of sp³-hybridized carbons (Fsp3) is 0.238. The summed E-state index contributed by atoms with van der Waals surface area (Å²) in [6.45, 7) is 4.42. The summed E-state index contributed by atoms with van der Waals surface area (Å²) in [6, 6.07) is 12.9. The molecule has 0 atom stereocenters. The van der Waals surface area contributed by atoms with Crippen molar-refractivity contribution in [3.63, 3.8) is 0 Å². The van der Waals surface area contributed by atoms with Crippen molar-refractivity contribution in [3.05, 3.63) is 82.7 Å². The Balaban J connectivity index is 1.57. The molecular formula is C21H21F2N3O2. The highest BCUT2D eigenvalue weighted by Crippen LogP contribution is 2.18. The molecule has 0 fully saturated rings. The van der Waals surface area contributed by atoms with E-state index in [9.17, 15) is 13.6 Å². The highest BCUT2D eigenvalue weighted by Gasteiger charge is 2.14. The molecule has 0 aliphatic carbocycles. The minimum Gasteiger partial charge on any atom is -0.481 e. The lowest BCUT2D eigenvalue weighted by atomic mass is 10.2. The number of nitrogens with one attached hydrogen (secondary N) is 1. The van der Waals surface area contributed by atoms with Crippen LogP contribution in [0, 0.1) is 25.5 Å². The number of benzene rings is 2. The van der Waals surface area contributed by atoms with Crippen molar-refractivity contribution < 1.29 is 18.3 Å². The zero-order valence-corrected chi connectivity index (χ0v) is 15.7. The van der Waals surface area contributed by atoms with E-state index in [1.165, 1.54) is 0 Å². The summed E-state index contributed by atoms with van der Waals surface area (Å²) in [7, 11) is 0. The summed E-state index contributed by atoms with van der Waals surface area (Å²) in [4.78, 5) is 12.0. The zero-order valence-electron chi connectivity index (χ0n) is 15.7. The van der Waals surface area contributed by atoms with Crippen LogP contribution in [-0.2, 0) is 17.9 Å². The Kier molecular flexibility index (Phi) is 6.03. The summed E-state index contributed by atoms with van der Waals surface area (Å²) >= 11 is 0. The maximum atomic E-state index is 13.5. The van der Waals surface area contributed by atoms with Crippen LogP contribution in [0.2, 0.25) is 0 Å². The summed E-state index contributed by atoms with van der Waals surface area (Å²) < 4.78 is 33.4. The molecule has 0 aliphatic heterocycles. The first kappa shape index (κ1) is 19.5. The number of hydrogen-bond donors (Lipinski definition) is 1. The smallest absolute Gasteiger partial charge is 0.258 e. The van der Waals surface area contributed by atoms with Crippen molar-refractivity contribution in [3.8, 4) is 5.75 Å². The van der Waals surface area contributed by atoms with Crippen LogP contribution in [0.5, 0.6) is 5.75 Å². The molecule has 0 aliphatic rings. The number of amides is 1. The first-order valence-corrected chi connectivity index (χ1v) is 8.85. The summed E-state index contributed by atoms with van der Waals surface area (Å²) in [6.07, 6.45) is 0. The third kappa shape index (κ3) is 4.73. The first-order chi connectivity index (χ1) is 13.4. The normalized spacial score (nSPS) is 10.7. The molecule has 1 N–H and O–H groups in total. The van der Waals surface area contributed by atoms with E-state index in [0.29, 0.717) is 19.2 Å². The monoisotopic (exact) mass is 385 g/mol. The average Bonchev–Trinajstić information content (AvgIpc) is 2.93. The van der Waals surface area contributed by atoms with Gasteiger partial charge in [0, 0.05) is 23.9 Å². The summed E-state index contributed by atoms with van der Waals surface area (Å²) in [5, 5.41) is 7.29. The Hall–Kier alpha value is -3.22. The highest BCUT2D eigenvalue weighted by molar-refractivity contribution is 5.77. The fourth-order valence-electron chi connectivity index (χ4n) is 2.87. The van der Waals surface area contributed by atoms with E-state index >= 15 is 0 Å². The molecule has 3 rings (SSSR count). The molecule has 1 heterocycles. The van der Waals surface area contributed by atoms with Gasteiger partial charge >= 0.3 is 0 Å². The van der Waals surface area contributed by atoms with Gasteiger partial charge in [0.05, 0.1) is 12.2 Å². The summed E-state index contributed by atoms with van der Waals surface area (Å²) in [5.41, 5.74) is 3.86. The molecule has 0 spiro atoms. The quantitative estimate of drug-likeness (QED) is 0.677. The van der Waals surface area contributed by atoms with Gasteiger partial charge in [-0.1, -0.05) is 30.3 Å². The van der Waals surface area contributed by atoms with Gasteiger partial charge in [0.25, 0.3) is 5.91 Å². The van der Waals surface area contributed by atoms with Gasteiger partial charge in [-0.05, 0) is 31.5 Å². The Morgan fingerprint density at radius 1 is 1.14 bits per heavy atom. The van der Waals surface area contributed by atoms with Crippen molar-refractivity contribution in [2.45, 2.75) is 26.9 Å². The van der Waals surface area contributed by atoms with Gasteiger partial charge < -0.3 is 10.1 Å². The zero-order chi connectivity index (χ0) is 20.1. The second-order valence-electron chi connectivity index (χ2n) is 6.43. The van der Waals surface area contributed by atoms with Gasteiger partial charge in [0.1, 0.15) is 5.82 Å². The number of carbonyl (C=O) groups excluding carboxylic acids is 1. The van der Waals surface area contributed by atoms with E-state index in [1.807, 2.05) is 48.9 Å². The third-order valence-electron chi connectivity index (χ3n) is 4.42. The number of carbonyl (C=O) groups is 1. The molecule has 1 aromatic heterocycles. The van der Waals surface area contributed by atoms with Gasteiger partial charge in [-0.3, -0.25) is 9.48 Å². The average molecular weight is 385 g/mol. The SMILES string of the molecule is Cc1nn(Cc2ccccc2)c(C)c1CNC(=O)COc1ccc(F)cc1F. The molecule has 28 heavy (non-hydrogen) atoms. The minimum atomic E-state index is -0.846. The fourth-order valence-corrected chi connectivity index (χ4v) is 2.87. The molecule has 1 amide bonds. The number of nitrogens with zero attached hydrogens (tertiary/aromatic N) is 2. The van der Waals surface area contributed by atoms with Crippen LogP contribution in [0.1, 0.15) is 22.5 Å². The highest BCUT2D eigenvalue weighted by atomic mass is 19.1. The lowest BCUT2D eigenvalue weighted by Crippen LogP contribution is -2.29. The molecule has 2 aromatic carbocycles. The Morgan fingerprint density at radius 3 is 2.61 bits per heavy atom. The number of halogens is 2. The van der Waals surface area contributed by atoms with Crippen LogP contribution in [0.4, 0.5) is 8.78 Å². The molecule has 146 valence electrons. The molecular weight excluding hydrogens is 364 g/mol. The number of rotatable bonds is 7. The molecule has 0 bridgehead atoms. The predicted octanol–water partition coefficient (Wildman–Crippen LogP) is 3.52. The van der Waals surface area contributed by atoms with Crippen LogP contribution in [0.25, 0.3) is 0 Å². The lowest BCUT2D eigenvalue weighted by molar-refractivity contribution is -0.123. The summed E-state index contributed by atoms with van der Waals surface area (Å²) in [5.74, 6) is -2.12. The van der Waals surface area contributed by atoms with Gasteiger partial charge in [-0.2, -0.15) is 5.10 Å². The molecule has 0 saturated carbocycles. The van der Waals surface area contributed by atoms with E-state index in [-0.39, 0.29) is 12.4 Å². The van der Waals surface area contributed by atoms with Crippen LogP contribution < -0.4 is 10.1 Å². The maximum Gasteiger partial charge on any atom is 0.258 e. The van der Waals surface area contributed by atoms with E-state index < -0.39 is 17.5 Å². The van der Waals surface area contributed by atoms with Gasteiger partial charge in [0.15, 0.2) is 18.2 Å². The number of aryl methyl sites for hydroxylation is 1. The van der Waals surface area contributed by atoms with E-state index in [1.54, 1.807) is 0 Å². The standard InChI is InChI=1S/C21H21F2N3O2/c1-14-18(15(2)26(25-14)12-16-6-4-3-5-7-16)11-24-21(27)13-28-20-9-8-17(22)10-19(20)23/h3-10H,11-13H2,1-2H3,(H,24,27). The van der Waals surface area contributed by atoms with Crippen molar-refractivity contribution in [2.24, 2.45) is 0 Å². The van der Waals surface area contributed by atoms with E-state index in [4.69, 9.17) is 4.74 Å². The molecule has 0 radical (unpaired) electrons. The Bertz CT molecular complexity index is 971. The van der Waals surface area contributed by atoms with Crippen LogP contribution in [0.15, 0.2) is 48.5 Å². The van der Waals surface area contributed by atoms with E-state index in [0.717, 1.165) is 34.6 Å². The number of ether oxygens (including phenoxy) is 1. The predicted molar refractivity (Wildman–Crippen MR) is 101 cm³/mol. The molecule has 5 nitrogen and oxygen atoms in total. The van der Waals surface area contributed by atoms with Crippen molar-refractivity contribution in [1.82, 2.24) is 15.1 Å². The van der Waals surface area contributed by atoms with E-state index in [2.05, 4.69) is 10.4 Å². The van der Waals surface area contributed by atoms with Crippen LogP contribution in [0.3, 0.4) is 0 Å². The molecule has 0 saturated heterocycles. The van der Waals surface area contributed by atoms with Gasteiger partial charge in [0.2, 0.25) is 0 Å². The first-order valence-electron chi connectivity index (χ1n) is 8.85. The second kappa shape index (κ2) is 8.65. The van der Waals surface area contributed by atoms with Crippen LogP contribution >= 0.6 is 0 Å². The minimum absolute atomic E-state index is 0.167. The van der Waals surface area contributed by atoms with Crippen LogP contribution in [-0.4, -0.2) is 22.3 Å². The number of aromatic nitrogens is 2. The Labute approximate surface area is 161 Å². The van der Waals surface area contributed by atoms with Crippen molar-refractivity contribution in [1.29, 1.82) is 0 Å². The molecule has 7 heteroatoms. The third-order valence-corrected chi connectivity index (χ3v) is 4.42. The second-order valence-corrected chi connectivity index (χ2v) is 6.43. The molecule has 3 aromatic rings. The van der Waals surface area contributed by atoms with Crippen molar-refractivity contribution >= 4 is 5.91 Å². The molecule has 0 unspecified atom stereocenters. The topological polar surface area (TPSA) is 56.2 Å². The Morgan fingerprint density at radius 2 is 1.89 bits per heavy atom.